The first-order valence-corrected chi connectivity index (χ1v) is 6.61. The molecule has 0 aromatic heterocycles. The average Bonchev–Trinajstić information content (AvgIpc) is 2.79. The molecule has 1 aliphatic carbocycles. The number of aryl methyl sites for hydroxylation is 1. The van der Waals surface area contributed by atoms with Crippen molar-refractivity contribution in [2.75, 3.05) is 5.32 Å². The van der Waals surface area contributed by atoms with Gasteiger partial charge >= 0.3 is 0 Å². The van der Waals surface area contributed by atoms with E-state index >= 15 is 0 Å². The van der Waals surface area contributed by atoms with Crippen LogP contribution in [0.1, 0.15) is 38.2 Å². The molecule has 1 aliphatic rings. The van der Waals surface area contributed by atoms with Gasteiger partial charge in [0.15, 0.2) is 0 Å². The number of nitrogens with zero attached hydrogens (tertiary/aromatic N) is 1. The van der Waals surface area contributed by atoms with Crippen LogP contribution in [0.4, 0.5) is 11.4 Å². The second-order valence-corrected chi connectivity index (χ2v) is 5.19. The molecule has 0 spiro atoms. The molecule has 1 fully saturated rings. The predicted octanol–water partition coefficient (Wildman–Crippen LogP) is 3.89. The van der Waals surface area contributed by atoms with Crippen LogP contribution >= 0.6 is 0 Å². The van der Waals surface area contributed by atoms with E-state index in [1.165, 1.54) is 25.7 Å². The summed E-state index contributed by atoms with van der Waals surface area (Å²) in [5.74, 6) is 0.808. The number of nitro benzene ring substituents is 1. The van der Waals surface area contributed by atoms with Crippen LogP contribution in [0.15, 0.2) is 18.2 Å². The van der Waals surface area contributed by atoms with Crippen LogP contribution in [0.2, 0.25) is 0 Å². The minimum atomic E-state index is -0.315. The van der Waals surface area contributed by atoms with Gasteiger partial charge in [0, 0.05) is 23.4 Å². The van der Waals surface area contributed by atoms with Crippen LogP contribution in [0.3, 0.4) is 0 Å². The van der Waals surface area contributed by atoms with Gasteiger partial charge in [0.05, 0.1) is 4.92 Å². The van der Waals surface area contributed by atoms with Gasteiger partial charge in [-0.15, -0.1) is 0 Å². The number of benzene rings is 1. The highest BCUT2D eigenvalue weighted by atomic mass is 16.6. The summed E-state index contributed by atoms with van der Waals surface area (Å²) in [6.07, 6.45) is 4.84. The van der Waals surface area contributed by atoms with E-state index in [0.717, 1.165) is 11.6 Å². The maximum Gasteiger partial charge on any atom is 0.274 e. The molecule has 2 unspecified atom stereocenters. The lowest BCUT2D eigenvalue weighted by atomic mass is 10.1. The molecule has 1 saturated carbocycles. The smallest absolute Gasteiger partial charge is 0.274 e. The van der Waals surface area contributed by atoms with Gasteiger partial charge in [0.2, 0.25) is 0 Å². The molecule has 0 radical (unpaired) electrons. The van der Waals surface area contributed by atoms with E-state index in [2.05, 4.69) is 12.2 Å². The van der Waals surface area contributed by atoms with Crippen molar-refractivity contribution >= 4 is 11.4 Å². The Balaban J connectivity index is 2.06. The minimum absolute atomic E-state index is 0.199. The van der Waals surface area contributed by atoms with Crippen LogP contribution in [0.5, 0.6) is 0 Å². The maximum absolute atomic E-state index is 10.9. The number of nitro groups is 1. The molecule has 2 rings (SSSR count). The largest absolute Gasteiger partial charge is 0.382 e. The lowest BCUT2D eigenvalue weighted by Crippen LogP contribution is -2.15. The summed E-state index contributed by atoms with van der Waals surface area (Å²) in [7, 11) is 0. The minimum Gasteiger partial charge on any atom is -0.382 e. The van der Waals surface area contributed by atoms with Gasteiger partial charge < -0.3 is 5.32 Å². The molecule has 0 amide bonds. The molecule has 0 aliphatic heterocycles. The molecular formula is C14H20N2O2. The van der Waals surface area contributed by atoms with Gasteiger partial charge in [-0.1, -0.05) is 19.4 Å². The van der Waals surface area contributed by atoms with Crippen LogP contribution in [-0.2, 0) is 0 Å². The first-order chi connectivity index (χ1) is 8.60. The molecule has 0 saturated heterocycles. The maximum atomic E-state index is 10.9. The standard InChI is InChI=1S/C14H20N2O2/c1-3-11-5-7-12(8-11)15-13-6-4-10(2)14(9-13)16(17)18/h4,6,9,11-12,15H,3,5,7-8H2,1-2H3. The van der Waals surface area contributed by atoms with E-state index in [1.807, 2.05) is 12.1 Å². The zero-order valence-corrected chi connectivity index (χ0v) is 11.0. The van der Waals surface area contributed by atoms with E-state index in [9.17, 15) is 10.1 Å². The number of anilines is 1. The zero-order valence-electron chi connectivity index (χ0n) is 11.0. The van der Waals surface area contributed by atoms with E-state index in [0.29, 0.717) is 11.6 Å². The first-order valence-electron chi connectivity index (χ1n) is 6.61. The van der Waals surface area contributed by atoms with E-state index < -0.39 is 0 Å². The molecule has 1 aromatic rings. The van der Waals surface area contributed by atoms with Crippen molar-refractivity contribution in [3.63, 3.8) is 0 Å². The van der Waals surface area contributed by atoms with Crippen molar-refractivity contribution in [2.24, 2.45) is 5.92 Å². The van der Waals surface area contributed by atoms with Crippen molar-refractivity contribution in [3.8, 4) is 0 Å². The zero-order chi connectivity index (χ0) is 13.1. The lowest BCUT2D eigenvalue weighted by molar-refractivity contribution is -0.385. The molecular weight excluding hydrogens is 228 g/mol. The summed E-state index contributed by atoms with van der Waals surface area (Å²) >= 11 is 0. The van der Waals surface area contributed by atoms with Crippen LogP contribution < -0.4 is 5.32 Å². The first kappa shape index (κ1) is 12.9. The molecule has 1 N–H and O–H groups in total. The second-order valence-electron chi connectivity index (χ2n) is 5.19. The SMILES string of the molecule is CCC1CCC(Nc2ccc(C)c([N+](=O)[O-])c2)C1. The van der Waals surface area contributed by atoms with E-state index in [-0.39, 0.29) is 10.6 Å². The van der Waals surface area contributed by atoms with E-state index in [1.54, 1.807) is 13.0 Å². The van der Waals surface area contributed by atoms with Gasteiger partial charge in [-0.2, -0.15) is 0 Å². The summed E-state index contributed by atoms with van der Waals surface area (Å²) in [4.78, 5) is 10.6. The van der Waals surface area contributed by atoms with Crippen molar-refractivity contribution in [1.82, 2.24) is 0 Å². The summed E-state index contributed by atoms with van der Waals surface area (Å²) in [5.41, 5.74) is 1.78. The highest BCUT2D eigenvalue weighted by Crippen LogP contribution is 2.31. The van der Waals surface area contributed by atoms with Gasteiger partial charge in [-0.05, 0) is 38.2 Å². The molecule has 0 heterocycles. The van der Waals surface area contributed by atoms with Crippen molar-refractivity contribution < 1.29 is 4.92 Å². The Bertz CT molecular complexity index is 445. The van der Waals surface area contributed by atoms with Crippen LogP contribution in [0, 0.1) is 23.0 Å². The molecule has 4 nitrogen and oxygen atoms in total. The number of rotatable bonds is 4. The molecule has 1 aromatic carbocycles. The normalized spacial score (nSPS) is 23.0. The quantitative estimate of drug-likeness (QED) is 0.649. The lowest BCUT2D eigenvalue weighted by Gasteiger charge is -2.14. The average molecular weight is 248 g/mol. The van der Waals surface area contributed by atoms with Crippen LogP contribution in [-0.4, -0.2) is 11.0 Å². The van der Waals surface area contributed by atoms with Crippen LogP contribution in [0.25, 0.3) is 0 Å². The van der Waals surface area contributed by atoms with E-state index in [4.69, 9.17) is 0 Å². The summed E-state index contributed by atoms with van der Waals surface area (Å²) in [6, 6.07) is 5.86. The Hall–Kier alpha value is -1.58. The Morgan fingerprint density at radius 2 is 2.22 bits per heavy atom. The van der Waals surface area contributed by atoms with Gasteiger partial charge in [-0.3, -0.25) is 10.1 Å². The summed E-state index contributed by atoms with van der Waals surface area (Å²) < 4.78 is 0. The monoisotopic (exact) mass is 248 g/mol. The number of hydrogen-bond acceptors (Lipinski definition) is 3. The van der Waals surface area contributed by atoms with Crippen molar-refractivity contribution in [2.45, 2.75) is 45.6 Å². The Labute approximate surface area is 108 Å². The second kappa shape index (κ2) is 5.38. The fraction of sp³-hybridized carbons (Fsp3) is 0.571. The molecule has 4 heteroatoms. The third kappa shape index (κ3) is 2.81. The summed E-state index contributed by atoms with van der Waals surface area (Å²) in [6.45, 7) is 3.99. The van der Waals surface area contributed by atoms with Gasteiger partial charge in [0.25, 0.3) is 5.69 Å². The number of nitrogens with one attached hydrogen (secondary N) is 1. The fourth-order valence-electron chi connectivity index (χ4n) is 2.71. The number of hydrogen-bond donors (Lipinski definition) is 1. The highest BCUT2D eigenvalue weighted by molar-refractivity contribution is 5.55. The molecule has 98 valence electrons. The molecule has 18 heavy (non-hydrogen) atoms. The topological polar surface area (TPSA) is 55.2 Å². The fourth-order valence-corrected chi connectivity index (χ4v) is 2.71. The van der Waals surface area contributed by atoms with Crippen molar-refractivity contribution in [3.05, 3.63) is 33.9 Å². The third-order valence-electron chi connectivity index (χ3n) is 3.90. The Morgan fingerprint density at radius 1 is 1.44 bits per heavy atom. The summed E-state index contributed by atoms with van der Waals surface area (Å²) in [5, 5.41) is 14.3. The van der Waals surface area contributed by atoms with Gasteiger partial charge in [0.1, 0.15) is 0 Å². The Morgan fingerprint density at radius 3 is 2.83 bits per heavy atom. The molecule has 2 atom stereocenters. The van der Waals surface area contributed by atoms with Crippen molar-refractivity contribution in [1.29, 1.82) is 0 Å². The predicted molar refractivity (Wildman–Crippen MR) is 72.9 cm³/mol. The highest BCUT2D eigenvalue weighted by Gasteiger charge is 2.23. The molecule has 0 bridgehead atoms. The Kier molecular flexibility index (Phi) is 3.84. The van der Waals surface area contributed by atoms with Gasteiger partial charge in [-0.25, -0.2) is 0 Å². The third-order valence-corrected chi connectivity index (χ3v) is 3.90.